The van der Waals surface area contributed by atoms with Gasteiger partial charge in [-0.15, -0.1) is 0 Å². The summed E-state index contributed by atoms with van der Waals surface area (Å²) in [7, 11) is 0. The molecule has 2 atom stereocenters. The van der Waals surface area contributed by atoms with Gasteiger partial charge in [-0.1, -0.05) is 25.5 Å². The number of unbranched alkanes of at least 4 members (excludes halogenated alkanes) is 1. The number of aromatic nitrogens is 2. The Bertz CT molecular complexity index is 1110. The number of alkyl halides is 3. The minimum Gasteiger partial charge on any atom is -0.356 e. The fourth-order valence-corrected chi connectivity index (χ4v) is 4.11. The van der Waals surface area contributed by atoms with Crippen LogP contribution in [0.25, 0.3) is 5.69 Å². The second-order valence-corrected chi connectivity index (χ2v) is 8.65. The standard InChI is InChI=1S/C24H29F3N4O3/c1-4-5-12-28-22(33)17-11-10-15(2)30(14-17)23(34)21-20(32)13-16(3)31(29-21)19-9-7-6-8-18(19)24(25,26)27/h6-9,13,15,17H,4-5,10-12,14H2,1-3H3,(H,28,33)/t15-,17-/m1/s1. The number of nitrogens with zero attached hydrogens (tertiary/aromatic N) is 3. The van der Waals surface area contributed by atoms with Crippen molar-refractivity contribution in [1.29, 1.82) is 0 Å². The van der Waals surface area contributed by atoms with Crippen LogP contribution >= 0.6 is 0 Å². The third-order valence-electron chi connectivity index (χ3n) is 6.09. The van der Waals surface area contributed by atoms with Crippen LogP contribution in [0.1, 0.15) is 61.3 Å². The maximum Gasteiger partial charge on any atom is 0.418 e. The van der Waals surface area contributed by atoms with Gasteiger partial charge in [-0.25, -0.2) is 4.68 Å². The first-order valence-electron chi connectivity index (χ1n) is 11.4. The number of likely N-dealkylation sites (tertiary alicyclic amines) is 1. The summed E-state index contributed by atoms with van der Waals surface area (Å²) in [6.07, 6.45) is -1.68. The van der Waals surface area contributed by atoms with Crippen molar-refractivity contribution in [2.45, 2.75) is 58.7 Å². The van der Waals surface area contributed by atoms with E-state index in [-0.39, 0.29) is 29.9 Å². The van der Waals surface area contributed by atoms with Gasteiger partial charge in [0.25, 0.3) is 5.91 Å². The van der Waals surface area contributed by atoms with Crippen molar-refractivity contribution in [3.63, 3.8) is 0 Å². The van der Waals surface area contributed by atoms with Crippen molar-refractivity contribution >= 4 is 11.8 Å². The Hall–Kier alpha value is -3.17. The van der Waals surface area contributed by atoms with Crippen molar-refractivity contribution in [3.05, 3.63) is 57.5 Å². The lowest BCUT2D eigenvalue weighted by Crippen LogP contribution is -2.50. The molecule has 2 aromatic rings. The lowest BCUT2D eigenvalue weighted by Gasteiger charge is -2.37. The lowest BCUT2D eigenvalue weighted by atomic mass is 9.92. The predicted molar refractivity (Wildman–Crippen MR) is 121 cm³/mol. The number of halogens is 3. The molecule has 1 aliphatic rings. The highest BCUT2D eigenvalue weighted by molar-refractivity contribution is 5.93. The van der Waals surface area contributed by atoms with Crippen molar-refractivity contribution in [2.24, 2.45) is 5.92 Å². The highest BCUT2D eigenvalue weighted by atomic mass is 19.4. The Morgan fingerprint density at radius 3 is 2.59 bits per heavy atom. The largest absolute Gasteiger partial charge is 0.418 e. The molecule has 1 aliphatic heterocycles. The molecule has 184 valence electrons. The van der Waals surface area contributed by atoms with Gasteiger partial charge in [-0.2, -0.15) is 18.3 Å². The molecule has 3 rings (SSSR count). The molecule has 0 bridgehead atoms. The third-order valence-corrected chi connectivity index (χ3v) is 6.09. The molecule has 0 spiro atoms. The minimum atomic E-state index is -4.64. The molecule has 1 fully saturated rings. The van der Waals surface area contributed by atoms with Gasteiger partial charge in [-0.05, 0) is 45.2 Å². The molecule has 1 aromatic heterocycles. The van der Waals surface area contributed by atoms with Crippen molar-refractivity contribution in [1.82, 2.24) is 20.0 Å². The summed E-state index contributed by atoms with van der Waals surface area (Å²) in [6, 6.07) is 5.71. The van der Waals surface area contributed by atoms with Crippen molar-refractivity contribution < 1.29 is 22.8 Å². The van der Waals surface area contributed by atoms with E-state index < -0.39 is 34.7 Å². The molecule has 1 saturated heterocycles. The summed E-state index contributed by atoms with van der Waals surface area (Å²) >= 11 is 0. The van der Waals surface area contributed by atoms with Gasteiger partial charge >= 0.3 is 6.18 Å². The zero-order valence-electron chi connectivity index (χ0n) is 19.5. The first-order valence-corrected chi connectivity index (χ1v) is 11.4. The number of hydrogen-bond acceptors (Lipinski definition) is 4. The summed E-state index contributed by atoms with van der Waals surface area (Å²) in [5.74, 6) is -1.26. The van der Waals surface area contributed by atoms with E-state index in [1.165, 1.54) is 30.0 Å². The van der Waals surface area contributed by atoms with Crippen LogP contribution in [0.15, 0.2) is 35.1 Å². The molecule has 0 radical (unpaired) electrons. The zero-order valence-corrected chi connectivity index (χ0v) is 19.5. The second kappa shape index (κ2) is 10.4. The highest BCUT2D eigenvalue weighted by Gasteiger charge is 2.36. The van der Waals surface area contributed by atoms with E-state index in [2.05, 4.69) is 10.4 Å². The normalized spacial score (nSPS) is 18.6. The van der Waals surface area contributed by atoms with E-state index in [0.717, 1.165) is 29.7 Å². The molecule has 7 nitrogen and oxygen atoms in total. The third kappa shape index (κ3) is 5.48. The predicted octanol–water partition coefficient (Wildman–Crippen LogP) is 3.72. The van der Waals surface area contributed by atoms with Crippen LogP contribution in [0.2, 0.25) is 0 Å². The van der Waals surface area contributed by atoms with E-state index >= 15 is 0 Å². The number of para-hydroxylation sites is 1. The molecular weight excluding hydrogens is 449 g/mol. The molecule has 1 N–H and O–H groups in total. The fraction of sp³-hybridized carbons (Fsp3) is 0.500. The number of aryl methyl sites for hydroxylation is 1. The molecule has 0 aliphatic carbocycles. The van der Waals surface area contributed by atoms with Crippen LogP contribution in [-0.2, 0) is 11.0 Å². The van der Waals surface area contributed by atoms with Gasteiger partial charge in [0.2, 0.25) is 11.3 Å². The van der Waals surface area contributed by atoms with E-state index in [1.54, 1.807) is 0 Å². The van der Waals surface area contributed by atoms with Gasteiger partial charge in [0.1, 0.15) is 0 Å². The maximum atomic E-state index is 13.6. The summed E-state index contributed by atoms with van der Waals surface area (Å²) in [6.45, 7) is 5.96. The number of benzene rings is 1. The number of amides is 2. The molecule has 2 heterocycles. The number of carbonyl (C=O) groups excluding carboxylic acids is 2. The Labute approximate surface area is 196 Å². The van der Waals surface area contributed by atoms with E-state index in [0.29, 0.717) is 19.4 Å². The van der Waals surface area contributed by atoms with Crippen LogP contribution in [0, 0.1) is 12.8 Å². The van der Waals surface area contributed by atoms with Crippen LogP contribution < -0.4 is 10.7 Å². The van der Waals surface area contributed by atoms with E-state index in [9.17, 15) is 27.6 Å². The second-order valence-electron chi connectivity index (χ2n) is 8.65. The first-order chi connectivity index (χ1) is 16.0. The van der Waals surface area contributed by atoms with Crippen LogP contribution in [0.3, 0.4) is 0 Å². The van der Waals surface area contributed by atoms with Gasteiger partial charge in [0.15, 0.2) is 5.69 Å². The minimum absolute atomic E-state index is 0.117. The average Bonchev–Trinajstić information content (AvgIpc) is 2.78. The monoisotopic (exact) mass is 478 g/mol. The maximum absolute atomic E-state index is 13.6. The average molecular weight is 479 g/mol. The Morgan fingerprint density at radius 2 is 1.91 bits per heavy atom. The van der Waals surface area contributed by atoms with Gasteiger partial charge in [-0.3, -0.25) is 14.4 Å². The highest BCUT2D eigenvalue weighted by Crippen LogP contribution is 2.33. The summed E-state index contributed by atoms with van der Waals surface area (Å²) in [4.78, 5) is 39.9. The molecule has 34 heavy (non-hydrogen) atoms. The van der Waals surface area contributed by atoms with Crippen LogP contribution in [0.5, 0.6) is 0 Å². The Balaban J connectivity index is 1.94. The summed E-state index contributed by atoms with van der Waals surface area (Å²) in [5, 5.41) is 6.94. The van der Waals surface area contributed by atoms with E-state index in [1.807, 2.05) is 13.8 Å². The number of hydrogen-bond donors (Lipinski definition) is 1. The number of piperidine rings is 1. The SMILES string of the molecule is CCCCNC(=O)[C@@H]1CC[C@@H](C)N(C(=O)c2nn(-c3ccccc3C(F)(F)F)c(C)cc2=O)C1. The van der Waals surface area contributed by atoms with E-state index in [4.69, 9.17) is 0 Å². The topological polar surface area (TPSA) is 84.3 Å². The molecule has 0 unspecified atom stereocenters. The smallest absolute Gasteiger partial charge is 0.356 e. The first kappa shape index (κ1) is 25.5. The number of rotatable bonds is 6. The van der Waals surface area contributed by atoms with Gasteiger partial charge in [0.05, 0.1) is 17.2 Å². The fourth-order valence-electron chi connectivity index (χ4n) is 4.11. The summed E-state index contributed by atoms with van der Waals surface area (Å²) < 4.78 is 41.7. The summed E-state index contributed by atoms with van der Waals surface area (Å²) in [5.41, 5.74) is -2.19. The number of nitrogens with one attached hydrogen (secondary N) is 1. The zero-order chi connectivity index (χ0) is 25.0. The van der Waals surface area contributed by atoms with Crippen molar-refractivity contribution in [2.75, 3.05) is 13.1 Å². The Kier molecular flexibility index (Phi) is 7.78. The van der Waals surface area contributed by atoms with Crippen LogP contribution in [-0.4, -0.2) is 45.6 Å². The molecule has 1 aromatic carbocycles. The van der Waals surface area contributed by atoms with Crippen molar-refractivity contribution in [3.8, 4) is 5.69 Å². The molecule has 0 saturated carbocycles. The number of carbonyl (C=O) groups is 2. The molecule has 2 amide bonds. The van der Waals surface area contributed by atoms with Crippen LogP contribution in [0.4, 0.5) is 13.2 Å². The molecular formula is C24H29F3N4O3. The quantitative estimate of drug-likeness (QED) is 0.642. The Morgan fingerprint density at radius 1 is 1.21 bits per heavy atom. The molecule has 10 heteroatoms. The van der Waals surface area contributed by atoms with Gasteiger partial charge in [0, 0.05) is 30.9 Å². The van der Waals surface area contributed by atoms with Gasteiger partial charge < -0.3 is 10.2 Å². The lowest BCUT2D eigenvalue weighted by molar-refractivity contribution is -0.137.